The van der Waals surface area contributed by atoms with Gasteiger partial charge in [-0.15, -0.1) is 11.3 Å². The van der Waals surface area contributed by atoms with E-state index in [0.29, 0.717) is 0 Å². The van der Waals surface area contributed by atoms with Crippen LogP contribution in [0.3, 0.4) is 0 Å². The molecule has 0 fully saturated rings. The Morgan fingerprint density at radius 3 is 2.63 bits per heavy atom. The van der Waals surface area contributed by atoms with Crippen molar-refractivity contribution < 1.29 is 9.90 Å². The third kappa shape index (κ3) is 2.50. The lowest BCUT2D eigenvalue weighted by molar-refractivity contribution is 0.0693. The normalized spacial score (nSPS) is 12.3. The summed E-state index contributed by atoms with van der Waals surface area (Å²) in [5.74, 6) is -1.36. The highest BCUT2D eigenvalue weighted by Gasteiger charge is 2.16. The lowest BCUT2D eigenvalue weighted by Crippen LogP contribution is -2.34. The predicted octanol–water partition coefficient (Wildman–Crippen LogP) is 1.21. The summed E-state index contributed by atoms with van der Waals surface area (Å²) in [5, 5.41) is 8.90. The van der Waals surface area contributed by atoms with Crippen molar-refractivity contribution in [2.75, 3.05) is 0 Å². The molecule has 0 aliphatic carbocycles. The van der Waals surface area contributed by atoms with Crippen molar-refractivity contribution in [2.24, 2.45) is 0 Å². The molecule has 6 nitrogen and oxygen atoms in total. The Labute approximate surface area is 112 Å². The van der Waals surface area contributed by atoms with Crippen molar-refractivity contribution in [1.29, 1.82) is 0 Å². The van der Waals surface area contributed by atoms with Gasteiger partial charge >= 0.3 is 11.7 Å². The molecule has 100 valence electrons. The Hall–Kier alpha value is -2.15. The summed E-state index contributed by atoms with van der Waals surface area (Å²) >= 11 is 1.52. The van der Waals surface area contributed by atoms with Crippen LogP contribution in [0.1, 0.15) is 33.1 Å². The highest BCUT2D eigenvalue weighted by molar-refractivity contribution is 7.12. The minimum absolute atomic E-state index is 0.332. The van der Waals surface area contributed by atoms with Gasteiger partial charge < -0.3 is 5.11 Å². The third-order valence-corrected chi connectivity index (χ3v) is 3.96. The molecule has 1 unspecified atom stereocenters. The number of H-pyrrole nitrogens is 1. The Balaban J connectivity index is 2.56. The van der Waals surface area contributed by atoms with Crippen molar-refractivity contribution >= 4 is 17.3 Å². The Morgan fingerprint density at radius 2 is 2.11 bits per heavy atom. The number of nitrogens with zero attached hydrogens (tertiary/aromatic N) is 1. The number of aryl methyl sites for hydroxylation is 1. The average molecular weight is 280 g/mol. The summed E-state index contributed by atoms with van der Waals surface area (Å²) in [6.45, 7) is 3.72. The molecule has 0 aliphatic heterocycles. The highest BCUT2D eigenvalue weighted by atomic mass is 32.1. The van der Waals surface area contributed by atoms with E-state index in [1.54, 1.807) is 6.92 Å². The summed E-state index contributed by atoms with van der Waals surface area (Å²) in [7, 11) is 0. The van der Waals surface area contributed by atoms with E-state index in [1.165, 1.54) is 15.9 Å². The number of carboxylic acids is 1. The van der Waals surface area contributed by atoms with Crippen LogP contribution >= 0.6 is 11.3 Å². The molecule has 2 aromatic heterocycles. The van der Waals surface area contributed by atoms with Crippen LogP contribution in [0.25, 0.3) is 0 Å². The fourth-order valence-electron chi connectivity index (χ4n) is 1.74. The van der Waals surface area contributed by atoms with Gasteiger partial charge in [-0.2, -0.15) is 0 Å². The number of hydrogen-bond acceptors (Lipinski definition) is 4. The van der Waals surface area contributed by atoms with E-state index in [1.807, 2.05) is 24.0 Å². The van der Waals surface area contributed by atoms with Crippen LogP contribution in [0.2, 0.25) is 0 Å². The van der Waals surface area contributed by atoms with Gasteiger partial charge in [0.05, 0.1) is 6.04 Å². The number of carbonyl (C=O) groups is 1. The van der Waals surface area contributed by atoms with E-state index < -0.39 is 22.8 Å². The number of aromatic nitrogens is 2. The molecule has 0 saturated carbocycles. The minimum atomic E-state index is -1.36. The molecule has 0 amide bonds. The summed E-state index contributed by atoms with van der Waals surface area (Å²) in [5.41, 5.74) is -1.95. The van der Waals surface area contributed by atoms with Gasteiger partial charge in [0.15, 0.2) is 0 Å². The van der Waals surface area contributed by atoms with E-state index in [2.05, 4.69) is 0 Å². The van der Waals surface area contributed by atoms with Gasteiger partial charge in [0.25, 0.3) is 5.56 Å². The maximum Gasteiger partial charge on any atom is 0.342 e. The molecule has 0 aromatic carbocycles. The van der Waals surface area contributed by atoms with Crippen molar-refractivity contribution in [3.8, 4) is 0 Å². The van der Waals surface area contributed by atoms with Crippen molar-refractivity contribution in [3.63, 3.8) is 0 Å². The van der Waals surface area contributed by atoms with Gasteiger partial charge in [-0.3, -0.25) is 14.3 Å². The monoisotopic (exact) mass is 280 g/mol. The van der Waals surface area contributed by atoms with Crippen molar-refractivity contribution in [1.82, 2.24) is 9.55 Å². The van der Waals surface area contributed by atoms with Gasteiger partial charge in [-0.05, 0) is 26.0 Å². The molecule has 0 aliphatic rings. The molecule has 2 rings (SSSR count). The van der Waals surface area contributed by atoms with E-state index >= 15 is 0 Å². The molecule has 0 radical (unpaired) electrons. The molecule has 0 spiro atoms. The van der Waals surface area contributed by atoms with Crippen molar-refractivity contribution in [2.45, 2.75) is 19.9 Å². The van der Waals surface area contributed by atoms with Crippen LogP contribution in [-0.2, 0) is 0 Å². The van der Waals surface area contributed by atoms with Crippen LogP contribution < -0.4 is 11.2 Å². The zero-order valence-corrected chi connectivity index (χ0v) is 11.2. The summed E-state index contributed by atoms with van der Waals surface area (Å²) < 4.78 is 1.22. The molecule has 2 N–H and O–H groups in total. The van der Waals surface area contributed by atoms with Gasteiger partial charge in [0.1, 0.15) is 5.56 Å². The number of carboxylic acid groups (broad SMARTS) is 1. The lowest BCUT2D eigenvalue weighted by Gasteiger charge is -2.13. The predicted molar refractivity (Wildman–Crippen MR) is 71.2 cm³/mol. The first-order valence-corrected chi connectivity index (χ1v) is 6.37. The smallest absolute Gasteiger partial charge is 0.342 e. The van der Waals surface area contributed by atoms with Gasteiger partial charge in [0.2, 0.25) is 0 Å². The number of nitrogens with one attached hydrogen (secondary N) is 1. The van der Waals surface area contributed by atoms with Crippen LogP contribution in [-0.4, -0.2) is 20.6 Å². The zero-order chi connectivity index (χ0) is 14.2. The second kappa shape index (κ2) is 4.85. The van der Waals surface area contributed by atoms with Crippen molar-refractivity contribution in [3.05, 3.63) is 54.5 Å². The molecule has 1 atom stereocenters. The number of aromatic amines is 1. The standard InChI is InChI=1S/C12H12N2O4S/c1-6-3-4-9(19-6)7(2)14-5-8(11(16)17)10(15)13-12(14)18/h3-5,7H,1-2H3,(H,16,17)(H,13,15,18). The number of hydrogen-bond donors (Lipinski definition) is 2. The zero-order valence-electron chi connectivity index (χ0n) is 10.3. The van der Waals surface area contributed by atoms with Crippen LogP contribution in [0.4, 0.5) is 0 Å². The van der Waals surface area contributed by atoms with E-state index in [4.69, 9.17) is 5.11 Å². The molecule has 2 heterocycles. The fraction of sp³-hybridized carbons (Fsp3) is 0.250. The van der Waals surface area contributed by atoms with Gasteiger partial charge in [-0.1, -0.05) is 0 Å². The van der Waals surface area contributed by atoms with E-state index in [-0.39, 0.29) is 6.04 Å². The molecular formula is C12H12N2O4S. The fourth-order valence-corrected chi connectivity index (χ4v) is 2.67. The minimum Gasteiger partial charge on any atom is -0.477 e. The number of thiophene rings is 1. The first-order chi connectivity index (χ1) is 8.90. The van der Waals surface area contributed by atoms with E-state index in [9.17, 15) is 14.4 Å². The lowest BCUT2D eigenvalue weighted by atomic mass is 10.2. The molecular weight excluding hydrogens is 268 g/mol. The number of aromatic carboxylic acids is 1. The molecule has 7 heteroatoms. The largest absolute Gasteiger partial charge is 0.477 e. The Kier molecular flexibility index (Phi) is 3.39. The highest BCUT2D eigenvalue weighted by Crippen LogP contribution is 2.24. The van der Waals surface area contributed by atoms with Crippen LogP contribution in [0, 0.1) is 6.92 Å². The topological polar surface area (TPSA) is 92.2 Å². The van der Waals surface area contributed by atoms with Crippen LogP contribution in [0.5, 0.6) is 0 Å². The summed E-state index contributed by atoms with van der Waals surface area (Å²) in [4.78, 5) is 38.1. The van der Waals surface area contributed by atoms with Gasteiger partial charge in [0, 0.05) is 16.0 Å². The average Bonchev–Trinajstić information content (AvgIpc) is 2.74. The molecule has 2 aromatic rings. The van der Waals surface area contributed by atoms with Crippen LogP contribution in [0.15, 0.2) is 27.9 Å². The first-order valence-electron chi connectivity index (χ1n) is 5.55. The van der Waals surface area contributed by atoms with E-state index in [0.717, 1.165) is 16.0 Å². The quantitative estimate of drug-likeness (QED) is 0.884. The van der Waals surface area contributed by atoms with Gasteiger partial charge in [-0.25, -0.2) is 9.59 Å². The summed E-state index contributed by atoms with van der Waals surface area (Å²) in [6, 6.07) is 3.47. The third-order valence-electron chi connectivity index (χ3n) is 2.79. The maximum absolute atomic E-state index is 11.8. The molecule has 19 heavy (non-hydrogen) atoms. The first kappa shape index (κ1) is 13.3. The Morgan fingerprint density at radius 1 is 1.42 bits per heavy atom. The molecule has 0 bridgehead atoms. The summed E-state index contributed by atoms with van der Waals surface area (Å²) in [6.07, 6.45) is 1.09. The molecule has 0 saturated heterocycles. The maximum atomic E-state index is 11.8. The Bertz CT molecular complexity index is 741. The second-order valence-electron chi connectivity index (χ2n) is 4.14. The SMILES string of the molecule is Cc1ccc(C(C)n2cc(C(=O)O)c(=O)[nH]c2=O)s1. The number of rotatable bonds is 3. The second-order valence-corrected chi connectivity index (χ2v) is 5.46.